The van der Waals surface area contributed by atoms with E-state index in [2.05, 4.69) is 0 Å². The molecule has 0 unspecified atom stereocenters. The van der Waals surface area contributed by atoms with E-state index in [4.69, 9.17) is 4.42 Å². The highest BCUT2D eigenvalue weighted by molar-refractivity contribution is 6.43. The van der Waals surface area contributed by atoms with Crippen molar-refractivity contribution in [1.29, 1.82) is 0 Å². The Morgan fingerprint density at radius 1 is 1.33 bits per heavy atom. The Balaban J connectivity index is 2.47. The van der Waals surface area contributed by atoms with Gasteiger partial charge in [-0.2, -0.15) is 0 Å². The van der Waals surface area contributed by atoms with E-state index >= 15 is 0 Å². The Morgan fingerprint density at radius 2 is 2.06 bits per heavy atom. The zero-order chi connectivity index (χ0) is 13.3. The van der Waals surface area contributed by atoms with Gasteiger partial charge >= 0.3 is 5.76 Å². The molecule has 0 amide bonds. The topological polar surface area (TPSA) is 69.3 Å². The number of oxazole rings is 1. The van der Waals surface area contributed by atoms with Crippen LogP contribution < -0.4 is 5.76 Å². The molecule has 2 rings (SSSR count). The van der Waals surface area contributed by atoms with Crippen molar-refractivity contribution in [3.8, 4) is 0 Å². The van der Waals surface area contributed by atoms with Gasteiger partial charge in [0.25, 0.3) is 0 Å². The first kappa shape index (κ1) is 12.3. The number of nitrogens with zero attached hydrogens (tertiary/aromatic N) is 1. The smallest absolute Gasteiger partial charge is 0.408 e. The van der Waals surface area contributed by atoms with Crippen molar-refractivity contribution in [2.45, 2.75) is 19.8 Å². The van der Waals surface area contributed by atoms with Gasteiger partial charge in [0.15, 0.2) is 5.58 Å². The van der Waals surface area contributed by atoms with E-state index in [0.717, 1.165) is 0 Å². The Morgan fingerprint density at radius 3 is 2.72 bits per heavy atom. The molecule has 0 radical (unpaired) electrons. The first-order chi connectivity index (χ1) is 8.54. The minimum absolute atomic E-state index is 0.237. The number of ketones is 2. The van der Waals surface area contributed by atoms with Gasteiger partial charge in [-0.05, 0) is 24.6 Å². The SMILES string of the molecule is CCCC(=O)C(=O)c1ccc2oc(=O)n(C)c2c1. The largest absolute Gasteiger partial charge is 0.419 e. The Kier molecular flexibility index (Phi) is 3.14. The highest BCUT2D eigenvalue weighted by atomic mass is 16.4. The molecule has 0 saturated heterocycles. The molecule has 0 spiro atoms. The molecule has 94 valence electrons. The molecule has 0 saturated carbocycles. The Labute approximate surface area is 103 Å². The van der Waals surface area contributed by atoms with Crippen LogP contribution in [0.25, 0.3) is 11.1 Å². The molecular formula is C13H13NO4. The lowest BCUT2D eigenvalue weighted by molar-refractivity contribution is -0.115. The van der Waals surface area contributed by atoms with Gasteiger partial charge in [-0.25, -0.2) is 4.79 Å². The van der Waals surface area contributed by atoms with Gasteiger partial charge in [0.1, 0.15) is 0 Å². The maximum atomic E-state index is 11.8. The Hall–Kier alpha value is -2.17. The van der Waals surface area contributed by atoms with Crippen molar-refractivity contribution >= 4 is 22.7 Å². The summed E-state index contributed by atoms with van der Waals surface area (Å²) in [5, 5.41) is 0. The lowest BCUT2D eigenvalue weighted by Crippen LogP contribution is -2.14. The van der Waals surface area contributed by atoms with Crippen molar-refractivity contribution in [1.82, 2.24) is 4.57 Å². The molecule has 0 bridgehead atoms. The molecule has 5 heteroatoms. The van der Waals surface area contributed by atoms with Gasteiger partial charge in [0, 0.05) is 19.0 Å². The van der Waals surface area contributed by atoms with Crippen LogP contribution in [-0.2, 0) is 11.8 Å². The molecule has 2 aromatic rings. The number of Topliss-reactive ketones (excluding diaryl/α,β-unsaturated/α-hetero) is 2. The van der Waals surface area contributed by atoms with E-state index in [1.54, 1.807) is 7.05 Å². The standard InChI is InChI=1S/C13H13NO4/c1-3-4-10(15)12(16)8-5-6-11-9(7-8)14(2)13(17)18-11/h5-7H,3-4H2,1-2H3. The molecule has 0 aliphatic heterocycles. The summed E-state index contributed by atoms with van der Waals surface area (Å²) in [4.78, 5) is 34.7. The van der Waals surface area contributed by atoms with Crippen molar-refractivity contribution in [3.05, 3.63) is 34.3 Å². The van der Waals surface area contributed by atoms with E-state index in [9.17, 15) is 14.4 Å². The second-order valence-electron chi connectivity index (χ2n) is 4.11. The number of hydrogen-bond acceptors (Lipinski definition) is 4. The fraction of sp³-hybridized carbons (Fsp3) is 0.308. The first-order valence-electron chi connectivity index (χ1n) is 5.71. The number of benzene rings is 1. The minimum atomic E-state index is -0.521. The van der Waals surface area contributed by atoms with E-state index < -0.39 is 17.3 Å². The fourth-order valence-corrected chi connectivity index (χ4v) is 1.77. The fourth-order valence-electron chi connectivity index (χ4n) is 1.77. The summed E-state index contributed by atoms with van der Waals surface area (Å²) in [6.45, 7) is 1.84. The summed E-state index contributed by atoms with van der Waals surface area (Å²) in [5.74, 6) is -1.42. The quantitative estimate of drug-likeness (QED) is 0.609. The third kappa shape index (κ3) is 1.99. The zero-order valence-corrected chi connectivity index (χ0v) is 10.2. The van der Waals surface area contributed by atoms with Gasteiger partial charge in [-0.3, -0.25) is 14.2 Å². The first-order valence-corrected chi connectivity index (χ1v) is 5.71. The van der Waals surface area contributed by atoms with Crippen molar-refractivity contribution in [3.63, 3.8) is 0 Å². The van der Waals surface area contributed by atoms with E-state index in [-0.39, 0.29) is 12.0 Å². The Bertz CT molecular complexity index is 678. The van der Waals surface area contributed by atoms with Gasteiger partial charge in [0.05, 0.1) is 5.52 Å². The lowest BCUT2D eigenvalue weighted by Gasteiger charge is -1.99. The summed E-state index contributed by atoms with van der Waals surface area (Å²) in [5.41, 5.74) is 1.20. The molecule has 0 aliphatic carbocycles. The molecule has 5 nitrogen and oxygen atoms in total. The number of carbonyl (C=O) groups excluding carboxylic acids is 2. The van der Waals surface area contributed by atoms with Gasteiger partial charge in [-0.1, -0.05) is 6.92 Å². The van der Waals surface area contributed by atoms with Crippen LogP contribution in [0.15, 0.2) is 27.4 Å². The average molecular weight is 247 g/mol. The predicted molar refractivity (Wildman–Crippen MR) is 65.7 cm³/mol. The second kappa shape index (κ2) is 4.60. The third-order valence-corrected chi connectivity index (χ3v) is 2.78. The van der Waals surface area contributed by atoms with Crippen LogP contribution in [0.2, 0.25) is 0 Å². The minimum Gasteiger partial charge on any atom is -0.408 e. The lowest BCUT2D eigenvalue weighted by atomic mass is 10.0. The molecule has 0 aliphatic rings. The summed E-state index contributed by atoms with van der Waals surface area (Å²) >= 11 is 0. The summed E-state index contributed by atoms with van der Waals surface area (Å²) in [6, 6.07) is 4.54. The molecule has 0 atom stereocenters. The average Bonchev–Trinajstić information content (AvgIpc) is 2.64. The third-order valence-electron chi connectivity index (χ3n) is 2.78. The monoisotopic (exact) mass is 247 g/mol. The number of carbonyl (C=O) groups is 2. The number of aryl methyl sites for hydroxylation is 1. The van der Waals surface area contributed by atoms with Gasteiger partial charge in [-0.15, -0.1) is 0 Å². The van der Waals surface area contributed by atoms with Crippen LogP contribution in [-0.4, -0.2) is 16.1 Å². The number of rotatable bonds is 4. The van der Waals surface area contributed by atoms with Gasteiger partial charge < -0.3 is 4.42 Å². The summed E-state index contributed by atoms with van der Waals surface area (Å²) < 4.78 is 6.25. The molecule has 0 fully saturated rings. The van der Waals surface area contributed by atoms with E-state index in [1.807, 2.05) is 6.92 Å². The maximum absolute atomic E-state index is 11.8. The molecule has 18 heavy (non-hydrogen) atoms. The van der Waals surface area contributed by atoms with E-state index in [0.29, 0.717) is 17.5 Å². The zero-order valence-electron chi connectivity index (χ0n) is 10.2. The molecular weight excluding hydrogens is 234 g/mol. The van der Waals surface area contributed by atoms with Crippen LogP contribution in [0.3, 0.4) is 0 Å². The maximum Gasteiger partial charge on any atom is 0.419 e. The van der Waals surface area contributed by atoms with Crippen LogP contribution in [0.5, 0.6) is 0 Å². The van der Waals surface area contributed by atoms with Crippen LogP contribution in [0, 0.1) is 0 Å². The van der Waals surface area contributed by atoms with Crippen LogP contribution in [0.1, 0.15) is 30.1 Å². The molecule has 0 N–H and O–H groups in total. The molecule has 1 aromatic heterocycles. The summed E-state index contributed by atoms with van der Waals surface area (Å²) in [7, 11) is 1.55. The molecule has 1 aromatic carbocycles. The summed E-state index contributed by atoms with van der Waals surface area (Å²) in [6.07, 6.45) is 0.873. The van der Waals surface area contributed by atoms with Gasteiger partial charge in [0.2, 0.25) is 11.6 Å². The normalized spacial score (nSPS) is 10.8. The highest BCUT2D eigenvalue weighted by Gasteiger charge is 2.17. The van der Waals surface area contributed by atoms with Crippen LogP contribution in [0.4, 0.5) is 0 Å². The van der Waals surface area contributed by atoms with Crippen molar-refractivity contribution in [2.75, 3.05) is 0 Å². The number of aromatic nitrogens is 1. The van der Waals surface area contributed by atoms with E-state index in [1.165, 1.54) is 22.8 Å². The van der Waals surface area contributed by atoms with Crippen molar-refractivity contribution < 1.29 is 14.0 Å². The predicted octanol–water partition coefficient (Wildman–Crippen LogP) is 1.68. The molecule has 1 heterocycles. The van der Waals surface area contributed by atoms with Crippen molar-refractivity contribution in [2.24, 2.45) is 7.05 Å². The highest BCUT2D eigenvalue weighted by Crippen LogP contribution is 2.15. The van der Waals surface area contributed by atoms with Crippen LogP contribution >= 0.6 is 0 Å². The second-order valence-corrected chi connectivity index (χ2v) is 4.11. The number of fused-ring (bicyclic) bond motifs is 1. The number of hydrogen-bond donors (Lipinski definition) is 0.